The predicted octanol–water partition coefficient (Wildman–Crippen LogP) is 13.2. The summed E-state index contributed by atoms with van der Waals surface area (Å²) in [6, 6.07) is 68.3. The minimum Gasteiger partial charge on any atom is -0.485 e. The van der Waals surface area contributed by atoms with Crippen LogP contribution in [-0.4, -0.2) is 24.8 Å². The number of fused-ring (bicyclic) bond motifs is 2. The van der Waals surface area contributed by atoms with Gasteiger partial charge >= 0.3 is 0 Å². The highest BCUT2D eigenvalue weighted by atomic mass is 16.5. The highest BCUT2D eigenvalue weighted by Crippen LogP contribution is 2.43. The van der Waals surface area contributed by atoms with Crippen LogP contribution in [0.5, 0.6) is 11.5 Å². The summed E-state index contributed by atoms with van der Waals surface area (Å²) in [6.07, 6.45) is 0. The zero-order valence-corrected chi connectivity index (χ0v) is 31.7. The minimum atomic E-state index is -0.155. The Balaban J connectivity index is 1.14. The largest absolute Gasteiger partial charge is 0.485 e. The van der Waals surface area contributed by atoms with E-state index >= 15 is 0 Å². The van der Waals surface area contributed by atoms with Gasteiger partial charge in [-0.25, -0.2) is 0 Å². The van der Waals surface area contributed by atoms with Crippen LogP contribution in [0.3, 0.4) is 0 Å². The molecule has 0 bridgehead atoms. The lowest BCUT2D eigenvalue weighted by atomic mass is 9.93. The normalized spacial score (nSPS) is 11.0. The SMILES string of the molecule is O=C(COc1cc(-c2ccc(-c3cccc4ccccc34)cc2)c(OCC(=O)c2ccccc2)cc1-c1ccc(-c2cccc3ccccc23)cc1)c1ccccc1. The molecular weight excluding hydrogens is 713 g/mol. The fourth-order valence-electron chi connectivity index (χ4n) is 7.56. The molecule has 278 valence electrons. The summed E-state index contributed by atoms with van der Waals surface area (Å²) in [6.45, 7) is -0.311. The summed E-state index contributed by atoms with van der Waals surface area (Å²) >= 11 is 0. The van der Waals surface area contributed by atoms with E-state index < -0.39 is 0 Å². The maximum atomic E-state index is 13.4. The molecule has 4 nitrogen and oxygen atoms in total. The maximum Gasteiger partial charge on any atom is 0.200 e. The first-order chi connectivity index (χ1) is 28.6. The second kappa shape index (κ2) is 16.3. The van der Waals surface area contributed by atoms with Crippen LogP contribution in [-0.2, 0) is 0 Å². The Morgan fingerprint density at radius 2 is 0.655 bits per heavy atom. The van der Waals surface area contributed by atoms with Crippen molar-refractivity contribution in [2.24, 2.45) is 0 Å². The van der Waals surface area contributed by atoms with Crippen molar-refractivity contribution in [1.29, 1.82) is 0 Å². The van der Waals surface area contributed by atoms with Crippen LogP contribution < -0.4 is 9.47 Å². The molecule has 0 radical (unpaired) electrons. The molecule has 0 N–H and O–H groups in total. The molecule has 0 spiro atoms. The second-order valence-corrected chi connectivity index (χ2v) is 14.2. The number of hydrogen-bond acceptors (Lipinski definition) is 4. The lowest BCUT2D eigenvalue weighted by molar-refractivity contribution is 0.0913. The molecule has 0 fully saturated rings. The molecule has 0 heterocycles. The van der Waals surface area contributed by atoms with E-state index in [0.29, 0.717) is 22.6 Å². The van der Waals surface area contributed by atoms with Gasteiger partial charge in [-0.2, -0.15) is 0 Å². The molecule has 0 aliphatic carbocycles. The Hall–Kier alpha value is -7.56. The van der Waals surface area contributed by atoms with E-state index in [0.717, 1.165) is 44.5 Å². The number of ketones is 2. The Bertz CT molecular complexity index is 2690. The van der Waals surface area contributed by atoms with Crippen molar-refractivity contribution in [3.63, 3.8) is 0 Å². The van der Waals surface area contributed by atoms with Crippen molar-refractivity contribution in [3.05, 3.63) is 217 Å². The molecular formula is C54H38O4. The Morgan fingerprint density at radius 1 is 0.328 bits per heavy atom. The Kier molecular flexibility index (Phi) is 10.1. The molecule has 0 saturated heterocycles. The fraction of sp³-hybridized carbons (Fsp3) is 0.0370. The molecule has 9 rings (SSSR count). The third-order valence-corrected chi connectivity index (χ3v) is 10.6. The van der Waals surface area contributed by atoms with Gasteiger partial charge in [-0.15, -0.1) is 0 Å². The summed E-state index contributed by atoms with van der Waals surface area (Å²) in [5.74, 6) is 0.786. The van der Waals surface area contributed by atoms with Gasteiger partial charge in [0, 0.05) is 22.3 Å². The molecule has 9 aromatic rings. The highest BCUT2D eigenvalue weighted by Gasteiger charge is 2.19. The van der Waals surface area contributed by atoms with Crippen molar-refractivity contribution >= 4 is 33.1 Å². The van der Waals surface area contributed by atoms with E-state index in [1.165, 1.54) is 21.5 Å². The molecule has 9 aromatic carbocycles. The smallest absolute Gasteiger partial charge is 0.200 e. The van der Waals surface area contributed by atoms with E-state index in [1.807, 2.05) is 48.5 Å². The van der Waals surface area contributed by atoms with Crippen LogP contribution in [0.25, 0.3) is 66.1 Å². The third-order valence-electron chi connectivity index (χ3n) is 10.6. The number of ether oxygens (including phenoxy) is 2. The Morgan fingerprint density at radius 3 is 1.05 bits per heavy atom. The van der Waals surface area contributed by atoms with E-state index in [4.69, 9.17) is 9.47 Å². The first kappa shape index (κ1) is 36.1. The summed E-state index contributed by atoms with van der Waals surface area (Å²) in [4.78, 5) is 26.8. The van der Waals surface area contributed by atoms with E-state index in [-0.39, 0.29) is 24.8 Å². The van der Waals surface area contributed by atoms with Crippen molar-refractivity contribution in [2.45, 2.75) is 0 Å². The van der Waals surface area contributed by atoms with Gasteiger partial charge < -0.3 is 9.47 Å². The van der Waals surface area contributed by atoms with Crippen LogP contribution in [0.1, 0.15) is 20.7 Å². The van der Waals surface area contributed by atoms with Crippen LogP contribution in [0.15, 0.2) is 206 Å². The monoisotopic (exact) mass is 750 g/mol. The summed E-state index contributed by atoms with van der Waals surface area (Å²) in [5, 5.41) is 4.71. The zero-order valence-electron chi connectivity index (χ0n) is 31.7. The maximum absolute atomic E-state index is 13.4. The molecule has 0 aromatic heterocycles. The lowest BCUT2D eigenvalue weighted by Crippen LogP contribution is -2.13. The van der Waals surface area contributed by atoms with Gasteiger partial charge in [0.05, 0.1) is 0 Å². The fourth-order valence-corrected chi connectivity index (χ4v) is 7.56. The van der Waals surface area contributed by atoms with Gasteiger partial charge in [-0.05, 0) is 67.1 Å². The lowest BCUT2D eigenvalue weighted by Gasteiger charge is -2.19. The molecule has 0 aliphatic heterocycles. The molecule has 0 unspecified atom stereocenters. The van der Waals surface area contributed by atoms with E-state index in [9.17, 15) is 9.59 Å². The number of Topliss-reactive ketones (excluding diaryl/α,β-unsaturated/α-hetero) is 2. The number of carbonyl (C=O) groups is 2. The number of carbonyl (C=O) groups excluding carboxylic acids is 2. The average Bonchev–Trinajstić information content (AvgIpc) is 3.30. The first-order valence-corrected chi connectivity index (χ1v) is 19.4. The zero-order chi connectivity index (χ0) is 39.3. The molecule has 58 heavy (non-hydrogen) atoms. The summed E-state index contributed by atoms with van der Waals surface area (Å²) < 4.78 is 12.9. The van der Waals surface area contributed by atoms with E-state index in [2.05, 4.69) is 133 Å². The summed E-state index contributed by atoms with van der Waals surface area (Å²) in [7, 11) is 0. The first-order valence-electron chi connectivity index (χ1n) is 19.4. The topological polar surface area (TPSA) is 52.6 Å². The molecule has 0 amide bonds. The van der Waals surface area contributed by atoms with Crippen LogP contribution in [0.4, 0.5) is 0 Å². The van der Waals surface area contributed by atoms with Gasteiger partial charge in [-0.3, -0.25) is 9.59 Å². The van der Waals surface area contributed by atoms with Gasteiger partial charge in [0.2, 0.25) is 0 Å². The van der Waals surface area contributed by atoms with Gasteiger partial charge in [-0.1, -0.05) is 194 Å². The predicted molar refractivity (Wildman–Crippen MR) is 236 cm³/mol. The Labute approximate surface area is 337 Å². The van der Waals surface area contributed by atoms with Crippen LogP contribution in [0.2, 0.25) is 0 Å². The number of hydrogen-bond donors (Lipinski definition) is 0. The minimum absolute atomic E-state index is 0.132. The number of benzene rings is 9. The van der Waals surface area contributed by atoms with Crippen LogP contribution >= 0.6 is 0 Å². The molecule has 0 saturated carbocycles. The highest BCUT2D eigenvalue weighted by molar-refractivity contribution is 6.00. The van der Waals surface area contributed by atoms with Crippen molar-refractivity contribution in [1.82, 2.24) is 0 Å². The van der Waals surface area contributed by atoms with E-state index in [1.54, 1.807) is 24.3 Å². The second-order valence-electron chi connectivity index (χ2n) is 14.2. The number of rotatable bonds is 12. The van der Waals surface area contributed by atoms with Gasteiger partial charge in [0.1, 0.15) is 11.5 Å². The van der Waals surface area contributed by atoms with Crippen molar-refractivity contribution in [2.75, 3.05) is 13.2 Å². The molecule has 0 atom stereocenters. The van der Waals surface area contributed by atoms with Gasteiger partial charge in [0.15, 0.2) is 24.8 Å². The third kappa shape index (κ3) is 7.52. The van der Waals surface area contributed by atoms with Crippen LogP contribution in [0, 0.1) is 0 Å². The standard InChI is InChI=1S/C54H38O4/c55-51(43-15-3-1-4-16-43)35-57-53-33-50(42-31-27-40(28-32-42)48-24-12-20-38-14-8-10-22-46(38)48)54(58-36-52(56)44-17-5-2-6-18-44)34-49(53)41-29-25-39(26-30-41)47-23-11-19-37-13-7-9-21-45(37)47/h1-34H,35-36H2. The average molecular weight is 751 g/mol. The van der Waals surface area contributed by atoms with Crippen molar-refractivity contribution < 1.29 is 19.1 Å². The summed E-state index contributed by atoms with van der Waals surface area (Å²) in [5.41, 5.74) is 8.82. The van der Waals surface area contributed by atoms with Crippen molar-refractivity contribution in [3.8, 4) is 56.0 Å². The quantitative estimate of drug-likeness (QED) is 0.117. The molecule has 4 heteroatoms. The van der Waals surface area contributed by atoms with Gasteiger partial charge in [0.25, 0.3) is 0 Å². The molecule has 0 aliphatic rings.